The Labute approximate surface area is 76.3 Å². The molecular formula is C10H11NO2. The van der Waals surface area contributed by atoms with Gasteiger partial charge in [0.05, 0.1) is 14.2 Å². The Morgan fingerprint density at radius 1 is 0.923 bits per heavy atom. The zero-order valence-electron chi connectivity index (χ0n) is 7.63. The van der Waals surface area contributed by atoms with E-state index in [4.69, 9.17) is 9.47 Å². The van der Waals surface area contributed by atoms with Crippen molar-refractivity contribution in [1.29, 1.82) is 0 Å². The predicted octanol–water partition coefficient (Wildman–Crippen LogP) is 2.19. The summed E-state index contributed by atoms with van der Waals surface area (Å²) < 4.78 is 10.3. The Hall–Kier alpha value is -1.64. The van der Waals surface area contributed by atoms with Gasteiger partial charge in [-0.1, -0.05) is 0 Å². The number of nitrogens with one attached hydrogen (secondary N) is 1. The summed E-state index contributed by atoms with van der Waals surface area (Å²) in [4.78, 5) is 3.03. The number of hydrogen-bond donors (Lipinski definition) is 1. The summed E-state index contributed by atoms with van der Waals surface area (Å²) >= 11 is 0. The van der Waals surface area contributed by atoms with E-state index in [2.05, 4.69) is 4.98 Å². The molecule has 0 fully saturated rings. The van der Waals surface area contributed by atoms with Crippen molar-refractivity contribution in [3.8, 4) is 11.5 Å². The van der Waals surface area contributed by atoms with Gasteiger partial charge < -0.3 is 14.5 Å². The van der Waals surface area contributed by atoms with E-state index in [-0.39, 0.29) is 0 Å². The van der Waals surface area contributed by atoms with Crippen molar-refractivity contribution in [3.63, 3.8) is 0 Å². The van der Waals surface area contributed by atoms with Gasteiger partial charge in [-0.3, -0.25) is 0 Å². The molecule has 3 heteroatoms. The first-order chi connectivity index (χ1) is 6.35. The summed E-state index contributed by atoms with van der Waals surface area (Å²) in [7, 11) is 3.27. The van der Waals surface area contributed by atoms with Crippen molar-refractivity contribution in [2.24, 2.45) is 0 Å². The Balaban J connectivity index is 2.67. The molecule has 1 N–H and O–H groups in total. The van der Waals surface area contributed by atoms with E-state index < -0.39 is 0 Å². The minimum absolute atomic E-state index is 0.759. The Bertz CT molecular complexity index is 382. The molecule has 0 unspecified atom stereocenters. The van der Waals surface area contributed by atoms with Crippen molar-refractivity contribution in [1.82, 2.24) is 4.98 Å². The zero-order chi connectivity index (χ0) is 9.26. The minimum atomic E-state index is 0.759. The molecule has 1 heterocycles. The molecule has 0 bridgehead atoms. The largest absolute Gasteiger partial charge is 0.493 e. The van der Waals surface area contributed by atoms with Crippen LogP contribution in [0.25, 0.3) is 10.8 Å². The molecule has 3 nitrogen and oxygen atoms in total. The van der Waals surface area contributed by atoms with E-state index in [1.54, 1.807) is 14.2 Å². The van der Waals surface area contributed by atoms with Crippen molar-refractivity contribution in [2.45, 2.75) is 0 Å². The average molecular weight is 177 g/mol. The molecule has 0 spiro atoms. The number of benzene rings is 1. The van der Waals surface area contributed by atoms with Crippen LogP contribution in [0.15, 0.2) is 24.5 Å². The molecule has 0 radical (unpaired) electrons. The first kappa shape index (κ1) is 7.98. The Kier molecular flexibility index (Phi) is 1.85. The standard InChI is InChI=1S/C10H11NO2/c1-12-9-3-7-5-11-6-8(7)4-10(9)13-2/h3-6,11H,1-2H3. The maximum absolute atomic E-state index is 5.17. The fourth-order valence-electron chi connectivity index (χ4n) is 1.38. The molecule has 68 valence electrons. The Morgan fingerprint density at radius 2 is 1.38 bits per heavy atom. The molecule has 0 aliphatic heterocycles. The molecule has 0 saturated heterocycles. The fraction of sp³-hybridized carbons (Fsp3) is 0.200. The van der Waals surface area contributed by atoms with Crippen LogP contribution < -0.4 is 9.47 Å². The highest BCUT2D eigenvalue weighted by atomic mass is 16.5. The zero-order valence-corrected chi connectivity index (χ0v) is 7.63. The van der Waals surface area contributed by atoms with Crippen LogP contribution in [0.3, 0.4) is 0 Å². The van der Waals surface area contributed by atoms with Crippen molar-refractivity contribution in [2.75, 3.05) is 14.2 Å². The summed E-state index contributed by atoms with van der Waals surface area (Å²) in [5.41, 5.74) is 0. The molecular weight excluding hydrogens is 166 g/mol. The summed E-state index contributed by atoms with van der Waals surface area (Å²) in [6, 6.07) is 3.90. The van der Waals surface area contributed by atoms with Crippen LogP contribution in [0.5, 0.6) is 11.5 Å². The van der Waals surface area contributed by atoms with E-state index in [0.29, 0.717) is 0 Å². The molecule has 1 aromatic carbocycles. The van der Waals surface area contributed by atoms with Crippen LogP contribution >= 0.6 is 0 Å². The maximum atomic E-state index is 5.17. The first-order valence-electron chi connectivity index (χ1n) is 4.03. The second kappa shape index (κ2) is 3.01. The van der Waals surface area contributed by atoms with Gasteiger partial charge in [-0.05, 0) is 12.1 Å². The van der Waals surface area contributed by atoms with Gasteiger partial charge >= 0.3 is 0 Å². The lowest BCUT2D eigenvalue weighted by Crippen LogP contribution is -1.89. The van der Waals surface area contributed by atoms with Crippen LogP contribution in [-0.4, -0.2) is 19.2 Å². The van der Waals surface area contributed by atoms with Crippen molar-refractivity contribution in [3.05, 3.63) is 24.5 Å². The van der Waals surface area contributed by atoms with Gasteiger partial charge in [-0.2, -0.15) is 0 Å². The summed E-state index contributed by atoms with van der Waals surface area (Å²) in [6.45, 7) is 0. The van der Waals surface area contributed by atoms with Gasteiger partial charge in [0.15, 0.2) is 11.5 Å². The molecule has 2 aromatic rings. The SMILES string of the molecule is COc1cc2c[nH]cc2cc1OC. The van der Waals surface area contributed by atoms with Crippen molar-refractivity contribution >= 4 is 10.8 Å². The lowest BCUT2D eigenvalue weighted by atomic mass is 10.2. The molecule has 0 aliphatic rings. The number of H-pyrrole nitrogens is 1. The maximum Gasteiger partial charge on any atom is 0.161 e. The van der Waals surface area contributed by atoms with Gasteiger partial charge in [0.25, 0.3) is 0 Å². The smallest absolute Gasteiger partial charge is 0.161 e. The molecule has 2 rings (SSSR count). The van der Waals surface area contributed by atoms with E-state index >= 15 is 0 Å². The number of hydrogen-bond acceptors (Lipinski definition) is 2. The van der Waals surface area contributed by atoms with Gasteiger partial charge in [-0.25, -0.2) is 0 Å². The number of ether oxygens (including phenoxy) is 2. The van der Waals surface area contributed by atoms with Gasteiger partial charge in [0.2, 0.25) is 0 Å². The van der Waals surface area contributed by atoms with Crippen LogP contribution in [0.1, 0.15) is 0 Å². The topological polar surface area (TPSA) is 34.2 Å². The van der Waals surface area contributed by atoms with Crippen LogP contribution in [0.4, 0.5) is 0 Å². The lowest BCUT2D eigenvalue weighted by molar-refractivity contribution is 0.356. The van der Waals surface area contributed by atoms with Gasteiger partial charge in [-0.15, -0.1) is 0 Å². The molecule has 0 atom stereocenters. The lowest BCUT2D eigenvalue weighted by Gasteiger charge is -2.06. The normalized spacial score (nSPS) is 10.3. The third kappa shape index (κ3) is 1.22. The Morgan fingerprint density at radius 3 is 1.77 bits per heavy atom. The third-order valence-electron chi connectivity index (χ3n) is 2.07. The first-order valence-corrected chi connectivity index (χ1v) is 4.03. The summed E-state index contributed by atoms with van der Waals surface area (Å²) in [5.74, 6) is 1.52. The predicted molar refractivity (Wildman–Crippen MR) is 51.4 cm³/mol. The van der Waals surface area contributed by atoms with Crippen LogP contribution in [0, 0.1) is 0 Å². The second-order valence-electron chi connectivity index (χ2n) is 2.79. The van der Waals surface area contributed by atoms with Crippen LogP contribution in [-0.2, 0) is 0 Å². The molecule has 0 amide bonds. The van der Waals surface area contributed by atoms with E-state index in [0.717, 1.165) is 22.3 Å². The quantitative estimate of drug-likeness (QED) is 0.762. The highest BCUT2D eigenvalue weighted by Gasteiger charge is 2.05. The highest BCUT2D eigenvalue weighted by Crippen LogP contribution is 2.31. The second-order valence-corrected chi connectivity index (χ2v) is 2.79. The highest BCUT2D eigenvalue weighted by molar-refractivity contribution is 5.85. The van der Waals surface area contributed by atoms with Gasteiger partial charge in [0.1, 0.15) is 0 Å². The van der Waals surface area contributed by atoms with Crippen molar-refractivity contribution < 1.29 is 9.47 Å². The third-order valence-corrected chi connectivity index (χ3v) is 2.07. The number of rotatable bonds is 2. The fourth-order valence-corrected chi connectivity index (χ4v) is 1.38. The van der Waals surface area contributed by atoms with Gasteiger partial charge in [0, 0.05) is 23.2 Å². The van der Waals surface area contributed by atoms with E-state index in [9.17, 15) is 0 Å². The van der Waals surface area contributed by atoms with Crippen LogP contribution in [0.2, 0.25) is 0 Å². The minimum Gasteiger partial charge on any atom is -0.493 e. The van der Waals surface area contributed by atoms with E-state index in [1.165, 1.54) is 0 Å². The molecule has 13 heavy (non-hydrogen) atoms. The number of aromatic nitrogens is 1. The number of methoxy groups -OCH3 is 2. The summed E-state index contributed by atoms with van der Waals surface area (Å²) in [5, 5.41) is 2.25. The molecule has 1 aromatic heterocycles. The monoisotopic (exact) mass is 177 g/mol. The summed E-state index contributed by atoms with van der Waals surface area (Å²) in [6.07, 6.45) is 3.86. The molecule has 0 saturated carbocycles. The number of fused-ring (bicyclic) bond motifs is 1. The molecule has 0 aliphatic carbocycles. The van der Waals surface area contributed by atoms with E-state index in [1.807, 2.05) is 24.5 Å². The number of aromatic amines is 1. The average Bonchev–Trinajstić information content (AvgIpc) is 2.62.